The van der Waals surface area contributed by atoms with Crippen LogP contribution in [0.4, 0.5) is 5.69 Å². The van der Waals surface area contributed by atoms with Crippen LogP contribution < -0.4 is 5.32 Å². The second kappa shape index (κ2) is 6.82. The van der Waals surface area contributed by atoms with E-state index in [1.165, 1.54) is 56.3 Å². The highest BCUT2D eigenvalue weighted by Crippen LogP contribution is 2.30. The van der Waals surface area contributed by atoms with Crippen molar-refractivity contribution < 1.29 is 0 Å². The average Bonchev–Trinajstić information content (AvgIpc) is 2.43. The minimum atomic E-state index is 0.835. The Morgan fingerprint density at radius 1 is 1.28 bits per heavy atom. The van der Waals surface area contributed by atoms with E-state index in [9.17, 15) is 0 Å². The molecule has 1 aromatic rings. The monoisotopic (exact) mass is 245 g/mol. The van der Waals surface area contributed by atoms with Gasteiger partial charge in [-0.25, -0.2) is 0 Å². The van der Waals surface area contributed by atoms with Gasteiger partial charge in [0, 0.05) is 12.2 Å². The van der Waals surface area contributed by atoms with E-state index >= 15 is 0 Å². The summed E-state index contributed by atoms with van der Waals surface area (Å²) >= 11 is 0. The molecule has 0 bridgehead atoms. The van der Waals surface area contributed by atoms with Crippen molar-refractivity contribution in [1.82, 2.24) is 0 Å². The SMILES string of the molecule is CCCCC(CC)CC1CNc2ccccc2C1. The van der Waals surface area contributed by atoms with E-state index in [0.717, 1.165) is 11.8 Å². The lowest BCUT2D eigenvalue weighted by atomic mass is 9.83. The number of anilines is 1. The van der Waals surface area contributed by atoms with Crippen LogP contribution in [0.3, 0.4) is 0 Å². The Balaban J connectivity index is 1.88. The Kier molecular flexibility index (Phi) is 5.10. The van der Waals surface area contributed by atoms with Crippen LogP contribution >= 0.6 is 0 Å². The number of para-hydroxylation sites is 1. The molecule has 0 aromatic heterocycles. The molecule has 0 saturated heterocycles. The van der Waals surface area contributed by atoms with Crippen LogP contribution in [0.25, 0.3) is 0 Å². The molecule has 1 heteroatoms. The van der Waals surface area contributed by atoms with Gasteiger partial charge in [0.2, 0.25) is 0 Å². The third-order valence-electron chi connectivity index (χ3n) is 4.32. The van der Waals surface area contributed by atoms with E-state index in [2.05, 4.69) is 43.4 Å². The van der Waals surface area contributed by atoms with E-state index in [0.29, 0.717) is 0 Å². The maximum atomic E-state index is 3.60. The standard InChI is InChI=1S/C17H27N/c1-3-5-8-14(4-2)11-15-12-16-9-6-7-10-17(16)18-13-15/h6-7,9-10,14-15,18H,3-5,8,11-13H2,1-2H3. The molecule has 1 N–H and O–H groups in total. The van der Waals surface area contributed by atoms with Crippen molar-refractivity contribution in [3.8, 4) is 0 Å². The lowest BCUT2D eigenvalue weighted by Crippen LogP contribution is -2.25. The highest BCUT2D eigenvalue weighted by Gasteiger charge is 2.20. The van der Waals surface area contributed by atoms with Gasteiger partial charge in [0.25, 0.3) is 0 Å². The molecule has 2 unspecified atom stereocenters. The van der Waals surface area contributed by atoms with Crippen LogP contribution in [0, 0.1) is 11.8 Å². The fourth-order valence-corrected chi connectivity index (χ4v) is 3.13. The van der Waals surface area contributed by atoms with Crippen LogP contribution in [0.1, 0.15) is 51.5 Å². The van der Waals surface area contributed by atoms with Gasteiger partial charge >= 0.3 is 0 Å². The number of hydrogen-bond donors (Lipinski definition) is 1. The number of fused-ring (bicyclic) bond motifs is 1. The van der Waals surface area contributed by atoms with E-state index < -0.39 is 0 Å². The van der Waals surface area contributed by atoms with Gasteiger partial charge in [-0.3, -0.25) is 0 Å². The van der Waals surface area contributed by atoms with Gasteiger partial charge in [-0.15, -0.1) is 0 Å². The molecule has 100 valence electrons. The van der Waals surface area contributed by atoms with Crippen molar-refractivity contribution >= 4 is 5.69 Å². The van der Waals surface area contributed by atoms with Crippen molar-refractivity contribution in [1.29, 1.82) is 0 Å². The summed E-state index contributed by atoms with van der Waals surface area (Å²) in [7, 11) is 0. The average molecular weight is 245 g/mol. The minimum Gasteiger partial charge on any atom is -0.385 e. The van der Waals surface area contributed by atoms with E-state index in [1.54, 1.807) is 0 Å². The summed E-state index contributed by atoms with van der Waals surface area (Å²) in [6, 6.07) is 8.78. The fourth-order valence-electron chi connectivity index (χ4n) is 3.13. The summed E-state index contributed by atoms with van der Waals surface area (Å²) in [6.07, 6.45) is 8.17. The molecule has 1 heterocycles. The van der Waals surface area contributed by atoms with E-state index in [4.69, 9.17) is 0 Å². The molecule has 0 spiro atoms. The van der Waals surface area contributed by atoms with Crippen LogP contribution in [0.2, 0.25) is 0 Å². The Bertz CT molecular complexity index is 358. The Morgan fingerprint density at radius 2 is 2.11 bits per heavy atom. The Morgan fingerprint density at radius 3 is 2.89 bits per heavy atom. The third kappa shape index (κ3) is 3.51. The summed E-state index contributed by atoms with van der Waals surface area (Å²) in [5.41, 5.74) is 2.87. The molecule has 0 aliphatic carbocycles. The van der Waals surface area contributed by atoms with Crippen LogP contribution in [0.5, 0.6) is 0 Å². The fraction of sp³-hybridized carbons (Fsp3) is 0.647. The van der Waals surface area contributed by atoms with Crippen LogP contribution in [-0.4, -0.2) is 6.54 Å². The molecular formula is C17H27N. The quantitative estimate of drug-likeness (QED) is 0.753. The summed E-state index contributed by atoms with van der Waals surface area (Å²) in [4.78, 5) is 0. The molecular weight excluding hydrogens is 218 g/mol. The first-order valence-electron chi connectivity index (χ1n) is 7.65. The molecule has 1 aromatic carbocycles. The zero-order valence-corrected chi connectivity index (χ0v) is 11.9. The molecule has 0 saturated carbocycles. The first-order valence-corrected chi connectivity index (χ1v) is 7.65. The van der Waals surface area contributed by atoms with Gasteiger partial charge < -0.3 is 5.32 Å². The first-order chi connectivity index (χ1) is 8.83. The van der Waals surface area contributed by atoms with Gasteiger partial charge in [-0.2, -0.15) is 0 Å². The molecule has 1 aliphatic rings. The zero-order valence-electron chi connectivity index (χ0n) is 11.9. The molecule has 0 radical (unpaired) electrons. The third-order valence-corrected chi connectivity index (χ3v) is 4.32. The Hall–Kier alpha value is -0.980. The predicted octanol–water partition coefficient (Wildman–Crippen LogP) is 4.88. The summed E-state index contributed by atoms with van der Waals surface area (Å²) in [5, 5.41) is 3.60. The van der Waals surface area contributed by atoms with Gasteiger partial charge in [-0.05, 0) is 36.3 Å². The lowest BCUT2D eigenvalue weighted by Gasteiger charge is -2.29. The normalized spacial score (nSPS) is 20.0. The molecule has 0 fully saturated rings. The van der Waals surface area contributed by atoms with Crippen molar-refractivity contribution in [3.63, 3.8) is 0 Å². The van der Waals surface area contributed by atoms with Gasteiger partial charge in [0.15, 0.2) is 0 Å². The van der Waals surface area contributed by atoms with E-state index in [1.807, 2.05) is 0 Å². The van der Waals surface area contributed by atoms with Crippen molar-refractivity contribution in [2.75, 3.05) is 11.9 Å². The van der Waals surface area contributed by atoms with Crippen molar-refractivity contribution in [2.45, 2.75) is 52.4 Å². The van der Waals surface area contributed by atoms with Crippen LogP contribution in [0.15, 0.2) is 24.3 Å². The van der Waals surface area contributed by atoms with Gasteiger partial charge in [0.1, 0.15) is 0 Å². The summed E-state index contributed by atoms with van der Waals surface area (Å²) < 4.78 is 0. The molecule has 2 atom stereocenters. The first kappa shape index (κ1) is 13.5. The second-order valence-corrected chi connectivity index (χ2v) is 5.76. The molecule has 2 rings (SSSR count). The number of rotatable bonds is 6. The summed E-state index contributed by atoms with van der Waals surface area (Å²) in [6.45, 7) is 5.81. The second-order valence-electron chi connectivity index (χ2n) is 5.76. The van der Waals surface area contributed by atoms with Crippen molar-refractivity contribution in [3.05, 3.63) is 29.8 Å². The maximum Gasteiger partial charge on any atom is 0.0372 e. The zero-order chi connectivity index (χ0) is 12.8. The van der Waals surface area contributed by atoms with Gasteiger partial charge in [0.05, 0.1) is 0 Å². The smallest absolute Gasteiger partial charge is 0.0372 e. The Labute approximate surface area is 112 Å². The number of hydrogen-bond acceptors (Lipinski definition) is 1. The molecule has 0 amide bonds. The lowest BCUT2D eigenvalue weighted by molar-refractivity contribution is 0.340. The minimum absolute atomic E-state index is 0.835. The number of unbranched alkanes of at least 4 members (excludes halogenated alkanes) is 1. The van der Waals surface area contributed by atoms with Gasteiger partial charge in [-0.1, -0.05) is 57.7 Å². The number of nitrogens with one attached hydrogen (secondary N) is 1. The summed E-state index contributed by atoms with van der Waals surface area (Å²) in [5.74, 6) is 1.77. The highest BCUT2D eigenvalue weighted by atomic mass is 14.9. The largest absolute Gasteiger partial charge is 0.385 e. The number of benzene rings is 1. The van der Waals surface area contributed by atoms with E-state index in [-0.39, 0.29) is 0 Å². The molecule has 18 heavy (non-hydrogen) atoms. The highest BCUT2D eigenvalue weighted by molar-refractivity contribution is 5.53. The maximum absolute atomic E-state index is 3.60. The van der Waals surface area contributed by atoms with Crippen molar-refractivity contribution in [2.24, 2.45) is 11.8 Å². The topological polar surface area (TPSA) is 12.0 Å². The molecule has 1 nitrogen and oxygen atoms in total. The predicted molar refractivity (Wildman–Crippen MR) is 80.0 cm³/mol. The molecule has 1 aliphatic heterocycles. The van der Waals surface area contributed by atoms with Crippen LogP contribution in [-0.2, 0) is 6.42 Å².